The Hall–Kier alpha value is -0.120. The lowest BCUT2D eigenvalue weighted by Gasteiger charge is -2.47. The second-order valence-corrected chi connectivity index (χ2v) is 6.95. The maximum absolute atomic E-state index is 5.48. The molecule has 18 heavy (non-hydrogen) atoms. The van der Waals surface area contributed by atoms with Crippen molar-refractivity contribution in [1.82, 2.24) is 10.2 Å². The second kappa shape index (κ2) is 4.77. The second-order valence-electron chi connectivity index (χ2n) is 6.95. The predicted molar refractivity (Wildman–Crippen MR) is 73.7 cm³/mol. The normalized spacial score (nSPS) is 39.8. The van der Waals surface area contributed by atoms with Crippen LogP contribution in [0.3, 0.4) is 0 Å². The average molecular weight is 252 g/mol. The molecule has 3 heteroatoms. The molecular formula is C15H28N2O. The summed E-state index contributed by atoms with van der Waals surface area (Å²) in [7, 11) is 1.83. The number of hydrogen-bond acceptors (Lipinski definition) is 3. The van der Waals surface area contributed by atoms with Gasteiger partial charge in [-0.25, -0.2) is 0 Å². The van der Waals surface area contributed by atoms with Crippen LogP contribution in [0, 0.1) is 11.8 Å². The van der Waals surface area contributed by atoms with E-state index in [0.717, 1.165) is 24.4 Å². The molecule has 0 amide bonds. The van der Waals surface area contributed by atoms with Crippen LogP contribution in [0.5, 0.6) is 0 Å². The first kappa shape index (κ1) is 12.9. The molecule has 1 N–H and O–H groups in total. The highest BCUT2D eigenvalue weighted by molar-refractivity contribution is 5.06. The molecule has 3 unspecified atom stereocenters. The smallest absolute Gasteiger partial charge is 0.0670 e. The van der Waals surface area contributed by atoms with Gasteiger partial charge in [-0.05, 0) is 51.4 Å². The standard InChI is InChI=1S/C15H28N2O/c1-11(18-3)9-17-10-15(2,13-6-7-13)16-8-14(17)12-4-5-12/h11-14,16H,4-10H2,1-3H3. The lowest BCUT2D eigenvalue weighted by atomic mass is 9.89. The van der Waals surface area contributed by atoms with Crippen molar-refractivity contribution in [1.29, 1.82) is 0 Å². The van der Waals surface area contributed by atoms with Crippen molar-refractivity contribution in [2.45, 2.75) is 57.2 Å². The Bertz CT molecular complexity index is 301. The quantitative estimate of drug-likeness (QED) is 0.808. The molecule has 104 valence electrons. The molecule has 3 atom stereocenters. The van der Waals surface area contributed by atoms with E-state index in [1.54, 1.807) is 0 Å². The number of methoxy groups -OCH3 is 1. The van der Waals surface area contributed by atoms with Gasteiger partial charge in [-0.1, -0.05) is 0 Å². The Labute approximate surface area is 111 Å². The fraction of sp³-hybridized carbons (Fsp3) is 1.00. The fourth-order valence-corrected chi connectivity index (χ4v) is 3.61. The first-order chi connectivity index (χ1) is 8.62. The molecule has 0 bridgehead atoms. The van der Waals surface area contributed by atoms with Gasteiger partial charge in [-0.15, -0.1) is 0 Å². The third kappa shape index (κ3) is 2.59. The molecule has 3 fully saturated rings. The molecule has 3 rings (SSSR count). The van der Waals surface area contributed by atoms with Gasteiger partial charge < -0.3 is 10.1 Å². The van der Waals surface area contributed by atoms with E-state index in [1.165, 1.54) is 38.8 Å². The van der Waals surface area contributed by atoms with E-state index in [-0.39, 0.29) is 0 Å². The minimum absolute atomic E-state index is 0.354. The number of nitrogens with one attached hydrogen (secondary N) is 1. The van der Waals surface area contributed by atoms with Gasteiger partial charge in [0.05, 0.1) is 6.10 Å². The SMILES string of the molecule is COC(C)CN1CC(C)(C2CC2)NCC1C1CC1. The minimum atomic E-state index is 0.354. The van der Waals surface area contributed by atoms with E-state index in [9.17, 15) is 0 Å². The van der Waals surface area contributed by atoms with Crippen LogP contribution in [-0.4, -0.2) is 49.3 Å². The van der Waals surface area contributed by atoms with E-state index >= 15 is 0 Å². The Balaban J connectivity index is 1.66. The van der Waals surface area contributed by atoms with Gasteiger partial charge in [-0.3, -0.25) is 4.90 Å². The third-order valence-corrected chi connectivity index (χ3v) is 5.25. The Morgan fingerprint density at radius 3 is 2.61 bits per heavy atom. The molecule has 2 aliphatic carbocycles. The van der Waals surface area contributed by atoms with Crippen LogP contribution in [0.1, 0.15) is 39.5 Å². The molecule has 0 spiro atoms. The zero-order valence-corrected chi connectivity index (χ0v) is 12.1. The summed E-state index contributed by atoms with van der Waals surface area (Å²) in [6.45, 7) is 8.13. The third-order valence-electron chi connectivity index (χ3n) is 5.25. The number of piperazine rings is 1. The number of rotatable bonds is 5. The Morgan fingerprint density at radius 1 is 1.33 bits per heavy atom. The van der Waals surface area contributed by atoms with Gasteiger partial charge in [0.2, 0.25) is 0 Å². The van der Waals surface area contributed by atoms with Gasteiger partial charge in [-0.2, -0.15) is 0 Å². The minimum Gasteiger partial charge on any atom is -0.380 e. The maximum Gasteiger partial charge on any atom is 0.0670 e. The summed E-state index contributed by atoms with van der Waals surface area (Å²) in [6, 6.07) is 0.759. The Morgan fingerprint density at radius 2 is 2.06 bits per heavy atom. The topological polar surface area (TPSA) is 24.5 Å². The molecule has 2 saturated carbocycles. The van der Waals surface area contributed by atoms with Crippen molar-refractivity contribution in [3.8, 4) is 0 Å². The first-order valence-electron chi connectivity index (χ1n) is 7.64. The van der Waals surface area contributed by atoms with Gasteiger partial charge in [0, 0.05) is 38.3 Å². The van der Waals surface area contributed by atoms with Gasteiger partial charge >= 0.3 is 0 Å². The highest BCUT2D eigenvalue weighted by Gasteiger charge is 2.48. The lowest BCUT2D eigenvalue weighted by molar-refractivity contribution is 0.0126. The van der Waals surface area contributed by atoms with E-state index in [0.29, 0.717) is 11.6 Å². The van der Waals surface area contributed by atoms with Gasteiger partial charge in [0.1, 0.15) is 0 Å². The number of hydrogen-bond donors (Lipinski definition) is 1. The summed E-state index contributed by atoms with van der Waals surface area (Å²) in [4.78, 5) is 2.72. The zero-order chi connectivity index (χ0) is 12.8. The summed E-state index contributed by atoms with van der Waals surface area (Å²) in [5, 5.41) is 3.87. The van der Waals surface area contributed by atoms with Crippen LogP contribution in [0.4, 0.5) is 0 Å². The van der Waals surface area contributed by atoms with Crippen LogP contribution in [0.25, 0.3) is 0 Å². The lowest BCUT2D eigenvalue weighted by Crippen LogP contribution is -2.65. The van der Waals surface area contributed by atoms with Crippen LogP contribution in [-0.2, 0) is 4.74 Å². The van der Waals surface area contributed by atoms with E-state index < -0.39 is 0 Å². The molecule has 0 aromatic heterocycles. The van der Waals surface area contributed by atoms with Crippen LogP contribution < -0.4 is 5.32 Å². The highest BCUT2D eigenvalue weighted by Crippen LogP contribution is 2.44. The number of nitrogens with zero attached hydrogens (tertiary/aromatic N) is 1. The molecule has 3 aliphatic rings. The van der Waals surface area contributed by atoms with Crippen molar-refractivity contribution in [3.05, 3.63) is 0 Å². The van der Waals surface area contributed by atoms with Gasteiger partial charge in [0.15, 0.2) is 0 Å². The first-order valence-corrected chi connectivity index (χ1v) is 7.64. The van der Waals surface area contributed by atoms with Crippen LogP contribution in [0.15, 0.2) is 0 Å². The maximum atomic E-state index is 5.48. The van der Waals surface area contributed by atoms with Crippen molar-refractivity contribution >= 4 is 0 Å². The zero-order valence-electron chi connectivity index (χ0n) is 12.1. The fourth-order valence-electron chi connectivity index (χ4n) is 3.61. The molecule has 0 aromatic rings. The molecule has 1 aliphatic heterocycles. The molecule has 0 aromatic carbocycles. The summed E-state index contributed by atoms with van der Waals surface area (Å²) in [5.74, 6) is 1.86. The summed E-state index contributed by atoms with van der Waals surface area (Å²) >= 11 is 0. The largest absolute Gasteiger partial charge is 0.380 e. The van der Waals surface area contributed by atoms with E-state index in [2.05, 4.69) is 24.1 Å². The van der Waals surface area contributed by atoms with Crippen LogP contribution in [0.2, 0.25) is 0 Å². The van der Waals surface area contributed by atoms with Crippen molar-refractivity contribution in [2.24, 2.45) is 11.8 Å². The Kier molecular flexibility index (Phi) is 3.41. The summed E-state index contributed by atoms with van der Waals surface area (Å²) in [5.41, 5.74) is 0.360. The van der Waals surface area contributed by atoms with E-state index in [1.807, 2.05) is 7.11 Å². The molecule has 1 heterocycles. The average Bonchev–Trinajstić information content (AvgIpc) is 3.17. The van der Waals surface area contributed by atoms with Crippen molar-refractivity contribution in [2.75, 3.05) is 26.7 Å². The molecular weight excluding hydrogens is 224 g/mol. The predicted octanol–water partition coefficient (Wildman–Crippen LogP) is 1.87. The van der Waals surface area contributed by atoms with Gasteiger partial charge in [0.25, 0.3) is 0 Å². The molecule has 0 radical (unpaired) electrons. The number of ether oxygens (including phenoxy) is 1. The summed E-state index contributed by atoms with van der Waals surface area (Å²) in [6.07, 6.45) is 6.07. The van der Waals surface area contributed by atoms with E-state index in [4.69, 9.17) is 4.74 Å². The van der Waals surface area contributed by atoms with Crippen molar-refractivity contribution in [3.63, 3.8) is 0 Å². The monoisotopic (exact) mass is 252 g/mol. The van der Waals surface area contributed by atoms with Crippen molar-refractivity contribution < 1.29 is 4.74 Å². The summed E-state index contributed by atoms with van der Waals surface area (Å²) < 4.78 is 5.48. The highest BCUT2D eigenvalue weighted by atomic mass is 16.5. The van der Waals surface area contributed by atoms with Crippen LogP contribution >= 0.6 is 0 Å². The molecule has 1 saturated heterocycles. The molecule has 3 nitrogen and oxygen atoms in total.